The fourth-order valence-electron chi connectivity index (χ4n) is 2.67. The number of hydrogen-bond acceptors (Lipinski definition) is 4. The van der Waals surface area contributed by atoms with Crippen molar-refractivity contribution in [3.8, 4) is 0 Å². The summed E-state index contributed by atoms with van der Waals surface area (Å²) in [6.07, 6.45) is 1.14. The highest BCUT2D eigenvalue weighted by Gasteiger charge is 2.30. The molecule has 1 aromatic heterocycles. The molecule has 8 heteroatoms. The number of benzene rings is 1. The van der Waals surface area contributed by atoms with Gasteiger partial charge in [-0.2, -0.15) is 4.31 Å². The fraction of sp³-hybridized carbons (Fsp3) is 0.312. The van der Waals surface area contributed by atoms with Gasteiger partial charge in [0.1, 0.15) is 0 Å². The van der Waals surface area contributed by atoms with Crippen molar-refractivity contribution in [2.45, 2.75) is 23.8 Å². The molecule has 3 rings (SSSR count). The SMILES string of the molecule is O=C(NC1CCN(S(=O)(=O)c2ccccc2)CC1)c1ccc(Br)o1. The van der Waals surface area contributed by atoms with Gasteiger partial charge in [0.2, 0.25) is 10.0 Å². The van der Waals surface area contributed by atoms with E-state index < -0.39 is 10.0 Å². The molecule has 1 aromatic carbocycles. The first kappa shape index (κ1) is 17.2. The zero-order chi connectivity index (χ0) is 17.2. The van der Waals surface area contributed by atoms with Crippen molar-refractivity contribution >= 4 is 31.9 Å². The maximum absolute atomic E-state index is 12.6. The highest BCUT2D eigenvalue weighted by Crippen LogP contribution is 2.21. The van der Waals surface area contributed by atoms with Crippen LogP contribution in [0.1, 0.15) is 23.4 Å². The zero-order valence-electron chi connectivity index (χ0n) is 12.8. The zero-order valence-corrected chi connectivity index (χ0v) is 15.2. The van der Waals surface area contributed by atoms with Crippen LogP contribution >= 0.6 is 15.9 Å². The molecule has 0 spiro atoms. The largest absolute Gasteiger partial charge is 0.444 e. The Morgan fingerprint density at radius 1 is 1.12 bits per heavy atom. The van der Waals surface area contributed by atoms with Gasteiger partial charge in [-0.15, -0.1) is 0 Å². The van der Waals surface area contributed by atoms with E-state index in [1.165, 1.54) is 4.31 Å². The van der Waals surface area contributed by atoms with E-state index in [2.05, 4.69) is 21.2 Å². The quantitative estimate of drug-likeness (QED) is 0.836. The van der Waals surface area contributed by atoms with Crippen molar-refractivity contribution in [1.82, 2.24) is 9.62 Å². The third-order valence-corrected chi connectivity index (χ3v) is 6.31. The Balaban J connectivity index is 1.59. The minimum atomic E-state index is -3.47. The third-order valence-electron chi connectivity index (χ3n) is 3.97. The van der Waals surface area contributed by atoms with Crippen molar-refractivity contribution in [3.05, 3.63) is 52.9 Å². The summed E-state index contributed by atoms with van der Waals surface area (Å²) in [5.41, 5.74) is 0. The van der Waals surface area contributed by atoms with Crippen LogP contribution in [0.15, 0.2) is 56.4 Å². The summed E-state index contributed by atoms with van der Waals surface area (Å²) < 4.78 is 32.3. The second-order valence-electron chi connectivity index (χ2n) is 5.57. The van der Waals surface area contributed by atoms with E-state index in [-0.39, 0.29) is 17.7 Å². The predicted octanol–water partition coefficient (Wildman–Crippen LogP) is 2.63. The maximum atomic E-state index is 12.6. The highest BCUT2D eigenvalue weighted by atomic mass is 79.9. The fourth-order valence-corrected chi connectivity index (χ4v) is 4.47. The summed E-state index contributed by atoms with van der Waals surface area (Å²) >= 11 is 3.16. The van der Waals surface area contributed by atoms with E-state index >= 15 is 0 Å². The van der Waals surface area contributed by atoms with Gasteiger partial charge in [-0.25, -0.2) is 8.42 Å². The van der Waals surface area contributed by atoms with Crippen LogP contribution in [0, 0.1) is 0 Å². The number of amides is 1. The van der Waals surface area contributed by atoms with Crippen LogP contribution in [0.3, 0.4) is 0 Å². The molecule has 1 N–H and O–H groups in total. The molecule has 1 fully saturated rings. The lowest BCUT2D eigenvalue weighted by Gasteiger charge is -2.31. The smallest absolute Gasteiger partial charge is 0.287 e. The molecule has 1 amide bonds. The van der Waals surface area contributed by atoms with Crippen molar-refractivity contribution in [3.63, 3.8) is 0 Å². The van der Waals surface area contributed by atoms with Crippen molar-refractivity contribution < 1.29 is 17.6 Å². The van der Waals surface area contributed by atoms with Gasteiger partial charge < -0.3 is 9.73 Å². The Bertz CT molecular complexity index is 812. The van der Waals surface area contributed by atoms with Gasteiger partial charge in [0.15, 0.2) is 10.4 Å². The molecule has 1 aliphatic heterocycles. The molecule has 0 aliphatic carbocycles. The van der Waals surface area contributed by atoms with E-state index in [0.717, 1.165) is 0 Å². The van der Waals surface area contributed by atoms with E-state index in [1.807, 2.05) is 0 Å². The lowest BCUT2D eigenvalue weighted by molar-refractivity contribution is 0.0894. The average Bonchev–Trinajstić information content (AvgIpc) is 3.03. The molecule has 1 saturated heterocycles. The Kier molecular flexibility index (Phi) is 5.07. The van der Waals surface area contributed by atoms with Crippen LogP contribution < -0.4 is 5.32 Å². The maximum Gasteiger partial charge on any atom is 0.287 e. The standard InChI is InChI=1S/C16H17BrN2O4S/c17-15-7-6-14(23-15)16(20)18-12-8-10-19(11-9-12)24(21,22)13-4-2-1-3-5-13/h1-7,12H,8-11H2,(H,18,20). The molecule has 0 atom stereocenters. The van der Waals surface area contributed by atoms with Crippen LogP contribution in [0.2, 0.25) is 0 Å². The molecule has 1 aliphatic rings. The van der Waals surface area contributed by atoms with E-state index in [4.69, 9.17) is 4.42 Å². The van der Waals surface area contributed by atoms with Gasteiger partial charge >= 0.3 is 0 Å². The predicted molar refractivity (Wildman–Crippen MR) is 92.1 cm³/mol. The summed E-state index contributed by atoms with van der Waals surface area (Å²) in [6.45, 7) is 0.758. The van der Waals surface area contributed by atoms with Crippen LogP contribution in [-0.4, -0.2) is 37.8 Å². The van der Waals surface area contributed by atoms with Crippen molar-refractivity contribution in [2.24, 2.45) is 0 Å². The number of furan rings is 1. The molecular formula is C16H17BrN2O4S. The number of hydrogen-bond donors (Lipinski definition) is 1. The van der Waals surface area contributed by atoms with Crippen LogP contribution in [0.5, 0.6) is 0 Å². The van der Waals surface area contributed by atoms with Crippen LogP contribution in [0.4, 0.5) is 0 Å². The number of piperidine rings is 1. The number of nitrogens with zero attached hydrogens (tertiary/aromatic N) is 1. The summed E-state index contributed by atoms with van der Waals surface area (Å²) in [4.78, 5) is 12.4. The molecule has 2 aromatic rings. The molecular weight excluding hydrogens is 396 g/mol. The summed E-state index contributed by atoms with van der Waals surface area (Å²) in [6, 6.07) is 11.6. The van der Waals surface area contributed by atoms with Gasteiger partial charge in [-0.3, -0.25) is 4.79 Å². The Morgan fingerprint density at radius 3 is 2.38 bits per heavy atom. The van der Waals surface area contributed by atoms with Crippen molar-refractivity contribution in [1.29, 1.82) is 0 Å². The average molecular weight is 413 g/mol. The minimum Gasteiger partial charge on any atom is -0.444 e. The number of sulfonamides is 1. The first-order valence-electron chi connectivity index (χ1n) is 7.58. The van der Waals surface area contributed by atoms with Gasteiger partial charge in [0.25, 0.3) is 5.91 Å². The molecule has 0 radical (unpaired) electrons. The summed E-state index contributed by atoms with van der Waals surface area (Å²) in [7, 11) is -3.47. The lowest BCUT2D eigenvalue weighted by atomic mass is 10.1. The van der Waals surface area contributed by atoms with Gasteiger partial charge in [-0.1, -0.05) is 18.2 Å². The first-order chi connectivity index (χ1) is 11.5. The summed E-state index contributed by atoms with van der Waals surface area (Å²) in [5.74, 6) is -0.0497. The number of rotatable bonds is 4. The number of nitrogens with one attached hydrogen (secondary N) is 1. The Hall–Kier alpha value is -1.64. The number of halogens is 1. The van der Waals surface area contributed by atoms with E-state index in [0.29, 0.717) is 35.5 Å². The third kappa shape index (κ3) is 3.71. The Labute approximate surface area is 149 Å². The molecule has 2 heterocycles. The van der Waals surface area contributed by atoms with Gasteiger partial charge in [-0.05, 0) is 53.0 Å². The molecule has 128 valence electrons. The van der Waals surface area contributed by atoms with Crippen LogP contribution in [0.25, 0.3) is 0 Å². The minimum absolute atomic E-state index is 0.0661. The van der Waals surface area contributed by atoms with Crippen LogP contribution in [-0.2, 0) is 10.0 Å². The molecule has 0 bridgehead atoms. The van der Waals surface area contributed by atoms with Crippen molar-refractivity contribution in [2.75, 3.05) is 13.1 Å². The molecule has 0 unspecified atom stereocenters. The van der Waals surface area contributed by atoms with Gasteiger partial charge in [0, 0.05) is 19.1 Å². The second kappa shape index (κ2) is 7.08. The molecule has 24 heavy (non-hydrogen) atoms. The van der Waals surface area contributed by atoms with Gasteiger partial charge in [0.05, 0.1) is 4.90 Å². The number of carbonyl (C=O) groups is 1. The van der Waals surface area contributed by atoms with E-state index in [1.54, 1.807) is 42.5 Å². The first-order valence-corrected chi connectivity index (χ1v) is 9.81. The monoisotopic (exact) mass is 412 g/mol. The Morgan fingerprint density at radius 2 is 1.79 bits per heavy atom. The highest BCUT2D eigenvalue weighted by molar-refractivity contribution is 9.10. The summed E-state index contributed by atoms with van der Waals surface area (Å²) in [5, 5.41) is 2.89. The topological polar surface area (TPSA) is 79.6 Å². The van der Waals surface area contributed by atoms with E-state index in [9.17, 15) is 13.2 Å². The normalized spacial score (nSPS) is 16.9. The number of carbonyl (C=O) groups excluding carboxylic acids is 1. The molecule has 6 nitrogen and oxygen atoms in total. The molecule has 0 saturated carbocycles. The second-order valence-corrected chi connectivity index (χ2v) is 8.29. The lowest BCUT2D eigenvalue weighted by Crippen LogP contribution is -2.46.